The summed E-state index contributed by atoms with van der Waals surface area (Å²) in [5, 5.41) is 12.8. The fourth-order valence-corrected chi connectivity index (χ4v) is 2.43. The molecule has 1 aromatic heterocycles. The monoisotopic (exact) mass is 291 g/mol. The van der Waals surface area contributed by atoms with Gasteiger partial charge in [-0.2, -0.15) is 4.98 Å². The first-order chi connectivity index (χ1) is 10.1. The summed E-state index contributed by atoms with van der Waals surface area (Å²) in [6, 6.07) is 5.88. The Kier molecular flexibility index (Phi) is 3.55. The van der Waals surface area contributed by atoms with E-state index >= 15 is 0 Å². The van der Waals surface area contributed by atoms with Crippen LogP contribution in [0, 0.1) is 5.82 Å². The molecule has 1 fully saturated rings. The van der Waals surface area contributed by atoms with Gasteiger partial charge in [0.05, 0.1) is 0 Å². The van der Waals surface area contributed by atoms with Gasteiger partial charge < -0.3 is 14.5 Å². The topological polar surface area (TPSA) is 79.5 Å². The highest BCUT2D eigenvalue weighted by molar-refractivity contribution is 5.65. The predicted octanol–water partition coefficient (Wildman–Crippen LogP) is 2.73. The van der Waals surface area contributed by atoms with E-state index in [-0.39, 0.29) is 11.7 Å². The molecule has 110 valence electrons. The maximum absolute atomic E-state index is 12.9. The van der Waals surface area contributed by atoms with Crippen LogP contribution in [-0.2, 0) is 0 Å². The van der Waals surface area contributed by atoms with Gasteiger partial charge in [0.25, 0.3) is 0 Å². The Hall–Kier alpha value is -2.44. The normalized spacial score (nSPS) is 16.1. The Bertz CT molecular complexity index is 633. The molecule has 7 heteroatoms. The summed E-state index contributed by atoms with van der Waals surface area (Å²) >= 11 is 0. The van der Waals surface area contributed by atoms with Crippen molar-refractivity contribution in [2.75, 3.05) is 13.1 Å². The second-order valence-electron chi connectivity index (χ2n) is 5.01. The smallest absolute Gasteiger partial charge is 0.407 e. The van der Waals surface area contributed by atoms with Crippen LogP contribution in [0.5, 0.6) is 0 Å². The Morgan fingerprint density at radius 3 is 2.57 bits per heavy atom. The van der Waals surface area contributed by atoms with Crippen LogP contribution >= 0.6 is 0 Å². The van der Waals surface area contributed by atoms with Crippen LogP contribution in [0.25, 0.3) is 11.4 Å². The van der Waals surface area contributed by atoms with Crippen LogP contribution < -0.4 is 0 Å². The molecule has 1 N–H and O–H groups in total. The Balaban J connectivity index is 1.71. The standard InChI is InChI=1S/C14H14FN3O3/c15-11-3-1-9(2-4-11)12-16-13(21-17-12)10-5-7-18(8-6-10)14(19)20/h1-4,10H,5-8H2,(H,19,20). The summed E-state index contributed by atoms with van der Waals surface area (Å²) in [7, 11) is 0. The van der Waals surface area contributed by atoms with Crippen molar-refractivity contribution in [1.82, 2.24) is 15.0 Å². The maximum atomic E-state index is 12.9. The summed E-state index contributed by atoms with van der Waals surface area (Å²) in [6.07, 6.45) is 0.431. The van der Waals surface area contributed by atoms with Crippen molar-refractivity contribution in [2.45, 2.75) is 18.8 Å². The summed E-state index contributed by atoms with van der Waals surface area (Å²) in [4.78, 5) is 16.6. The van der Waals surface area contributed by atoms with E-state index in [1.807, 2.05) is 0 Å². The molecule has 0 spiro atoms. The van der Waals surface area contributed by atoms with Gasteiger partial charge in [-0.05, 0) is 37.1 Å². The fourth-order valence-electron chi connectivity index (χ4n) is 2.43. The number of piperidine rings is 1. The lowest BCUT2D eigenvalue weighted by Gasteiger charge is -2.27. The van der Waals surface area contributed by atoms with Gasteiger partial charge in [0, 0.05) is 24.6 Å². The summed E-state index contributed by atoms with van der Waals surface area (Å²) in [6.45, 7) is 0.933. The number of carbonyl (C=O) groups is 1. The molecule has 1 saturated heterocycles. The minimum atomic E-state index is -0.897. The van der Waals surface area contributed by atoms with E-state index in [1.54, 1.807) is 12.1 Å². The molecule has 0 radical (unpaired) electrons. The van der Waals surface area contributed by atoms with Crippen molar-refractivity contribution >= 4 is 6.09 Å². The zero-order valence-electron chi connectivity index (χ0n) is 11.2. The number of hydrogen-bond acceptors (Lipinski definition) is 4. The van der Waals surface area contributed by atoms with E-state index < -0.39 is 6.09 Å². The molecule has 2 heterocycles. The molecule has 0 aliphatic carbocycles. The lowest BCUT2D eigenvalue weighted by molar-refractivity contribution is 0.128. The Morgan fingerprint density at radius 2 is 1.95 bits per heavy atom. The van der Waals surface area contributed by atoms with Crippen molar-refractivity contribution in [1.29, 1.82) is 0 Å². The molecule has 0 unspecified atom stereocenters. The molecular formula is C14H14FN3O3. The molecule has 0 atom stereocenters. The zero-order valence-corrected chi connectivity index (χ0v) is 11.2. The second kappa shape index (κ2) is 5.51. The molecule has 3 rings (SSSR count). The van der Waals surface area contributed by atoms with Gasteiger partial charge >= 0.3 is 6.09 Å². The number of amides is 1. The fraction of sp³-hybridized carbons (Fsp3) is 0.357. The number of aromatic nitrogens is 2. The lowest BCUT2D eigenvalue weighted by Crippen LogP contribution is -2.36. The van der Waals surface area contributed by atoms with Gasteiger partial charge in [-0.25, -0.2) is 9.18 Å². The SMILES string of the molecule is O=C(O)N1CCC(c2nc(-c3ccc(F)cc3)no2)CC1. The third-order valence-corrected chi connectivity index (χ3v) is 3.66. The Morgan fingerprint density at radius 1 is 1.29 bits per heavy atom. The van der Waals surface area contributed by atoms with Gasteiger partial charge in [-0.3, -0.25) is 0 Å². The number of likely N-dealkylation sites (tertiary alicyclic amines) is 1. The summed E-state index contributed by atoms with van der Waals surface area (Å²) in [5.74, 6) is 0.691. The van der Waals surface area contributed by atoms with Crippen LogP contribution in [-0.4, -0.2) is 39.3 Å². The molecule has 1 aliphatic heterocycles. The van der Waals surface area contributed by atoms with Gasteiger partial charge in [-0.1, -0.05) is 5.16 Å². The highest BCUT2D eigenvalue weighted by Crippen LogP contribution is 2.28. The van der Waals surface area contributed by atoms with Crippen molar-refractivity contribution in [3.05, 3.63) is 36.0 Å². The highest BCUT2D eigenvalue weighted by atomic mass is 19.1. The zero-order chi connectivity index (χ0) is 14.8. The minimum Gasteiger partial charge on any atom is -0.465 e. The van der Waals surface area contributed by atoms with Crippen LogP contribution in [0.3, 0.4) is 0 Å². The quantitative estimate of drug-likeness (QED) is 0.920. The van der Waals surface area contributed by atoms with Gasteiger partial charge in [0.15, 0.2) is 0 Å². The average Bonchev–Trinajstić information content (AvgIpc) is 2.98. The van der Waals surface area contributed by atoms with E-state index in [0.29, 0.717) is 43.2 Å². The average molecular weight is 291 g/mol. The molecule has 0 saturated carbocycles. The summed E-state index contributed by atoms with van der Waals surface area (Å²) in [5.41, 5.74) is 0.689. The summed E-state index contributed by atoms with van der Waals surface area (Å²) < 4.78 is 18.1. The van der Waals surface area contributed by atoms with E-state index in [9.17, 15) is 9.18 Å². The molecule has 1 aliphatic rings. The Labute approximate surface area is 120 Å². The van der Waals surface area contributed by atoms with Crippen molar-refractivity contribution in [2.24, 2.45) is 0 Å². The minimum absolute atomic E-state index is 0.0716. The van der Waals surface area contributed by atoms with E-state index in [4.69, 9.17) is 9.63 Å². The first-order valence-electron chi connectivity index (χ1n) is 6.71. The van der Waals surface area contributed by atoms with Gasteiger partial charge in [0.1, 0.15) is 5.82 Å². The van der Waals surface area contributed by atoms with E-state index in [1.165, 1.54) is 17.0 Å². The predicted molar refractivity (Wildman–Crippen MR) is 71.3 cm³/mol. The van der Waals surface area contributed by atoms with Crippen LogP contribution in [0.4, 0.5) is 9.18 Å². The molecule has 1 amide bonds. The molecule has 1 aromatic carbocycles. The van der Waals surface area contributed by atoms with E-state index in [2.05, 4.69) is 10.1 Å². The lowest BCUT2D eigenvalue weighted by atomic mass is 9.97. The number of benzene rings is 1. The largest absolute Gasteiger partial charge is 0.465 e. The molecule has 0 bridgehead atoms. The molecular weight excluding hydrogens is 277 g/mol. The van der Waals surface area contributed by atoms with Crippen molar-refractivity contribution in [3.8, 4) is 11.4 Å². The number of carboxylic acid groups (broad SMARTS) is 1. The molecule has 21 heavy (non-hydrogen) atoms. The van der Waals surface area contributed by atoms with Crippen LogP contribution in [0.2, 0.25) is 0 Å². The van der Waals surface area contributed by atoms with Crippen molar-refractivity contribution < 1.29 is 18.8 Å². The number of rotatable bonds is 2. The third-order valence-electron chi connectivity index (χ3n) is 3.66. The molecule has 6 nitrogen and oxygen atoms in total. The number of nitrogens with zero attached hydrogens (tertiary/aromatic N) is 3. The first-order valence-corrected chi connectivity index (χ1v) is 6.71. The highest BCUT2D eigenvalue weighted by Gasteiger charge is 2.27. The maximum Gasteiger partial charge on any atom is 0.407 e. The first kappa shape index (κ1) is 13.5. The molecule has 2 aromatic rings. The van der Waals surface area contributed by atoms with Crippen LogP contribution in [0.15, 0.2) is 28.8 Å². The van der Waals surface area contributed by atoms with Crippen molar-refractivity contribution in [3.63, 3.8) is 0 Å². The third kappa shape index (κ3) is 2.86. The van der Waals surface area contributed by atoms with Crippen LogP contribution in [0.1, 0.15) is 24.7 Å². The number of hydrogen-bond donors (Lipinski definition) is 1. The number of halogens is 1. The van der Waals surface area contributed by atoms with Gasteiger partial charge in [-0.15, -0.1) is 0 Å². The van der Waals surface area contributed by atoms with Gasteiger partial charge in [0.2, 0.25) is 11.7 Å². The second-order valence-corrected chi connectivity index (χ2v) is 5.01. The van der Waals surface area contributed by atoms with E-state index in [0.717, 1.165) is 0 Å².